The standard InChI is InChI=1S/C44H60B2N4O6/c1-5-9-13-17-21-43(22-18-14-10-6-2)31-25-30-32(26-29(31)37-33(43)27-35(45(51)52)39-41(37)49-55-47-39)44(23-19-15-11-7-3,24-20-16-12-8-4)34-28-36(46(53)54)40-42(38(30)34)50-56-48-40/h25-28,51-54H,5-24H2,1-4H3. The van der Waals surface area contributed by atoms with Crippen LogP contribution in [0.15, 0.2) is 33.5 Å². The van der Waals surface area contributed by atoms with E-state index in [2.05, 4.69) is 60.5 Å². The molecule has 2 aromatic heterocycles. The van der Waals surface area contributed by atoms with E-state index in [4.69, 9.17) is 9.26 Å². The molecule has 4 N–H and O–H groups in total. The summed E-state index contributed by atoms with van der Waals surface area (Å²) in [5.41, 5.74) is 10.5. The minimum atomic E-state index is -1.73. The van der Waals surface area contributed by atoms with Gasteiger partial charge in [-0.1, -0.05) is 153 Å². The van der Waals surface area contributed by atoms with Gasteiger partial charge in [0.15, 0.2) is 0 Å². The van der Waals surface area contributed by atoms with Crippen LogP contribution in [-0.4, -0.2) is 55.0 Å². The van der Waals surface area contributed by atoms with Crippen LogP contribution in [0.25, 0.3) is 44.3 Å². The van der Waals surface area contributed by atoms with Crippen LogP contribution in [-0.2, 0) is 10.8 Å². The lowest BCUT2D eigenvalue weighted by molar-refractivity contribution is 0.315. The van der Waals surface area contributed by atoms with Gasteiger partial charge in [0.2, 0.25) is 0 Å². The molecule has 2 aliphatic carbocycles. The van der Waals surface area contributed by atoms with Gasteiger partial charge in [0.25, 0.3) is 0 Å². The van der Waals surface area contributed by atoms with E-state index in [0.29, 0.717) is 33.0 Å². The second-order valence-corrected chi connectivity index (χ2v) is 16.8. The highest BCUT2D eigenvalue weighted by Gasteiger charge is 2.50. The summed E-state index contributed by atoms with van der Waals surface area (Å²) in [6.45, 7) is 8.95. The van der Waals surface area contributed by atoms with Gasteiger partial charge in [0.1, 0.15) is 22.1 Å². The minimum Gasteiger partial charge on any atom is -0.423 e. The Labute approximate surface area is 332 Å². The SMILES string of the molecule is CCCCCCC1(CCCCCC)c2cc3c(cc2-c2c1cc(B(O)O)c1nonc21)C(CCCCCC)(CCCCCC)c1cc(B(O)O)c2nonc2c1-3. The van der Waals surface area contributed by atoms with E-state index in [0.717, 1.165) is 162 Å². The zero-order valence-electron chi connectivity index (χ0n) is 34.0. The monoisotopic (exact) mass is 762 g/mol. The Bertz CT molecular complexity index is 1950. The molecule has 0 bridgehead atoms. The van der Waals surface area contributed by atoms with Crippen LogP contribution in [0.4, 0.5) is 0 Å². The second kappa shape index (κ2) is 17.5. The number of aromatic nitrogens is 4. The molecule has 0 saturated heterocycles. The number of hydrogen-bond donors (Lipinski definition) is 4. The number of rotatable bonds is 22. The minimum absolute atomic E-state index is 0.323. The first kappa shape index (κ1) is 40.6. The van der Waals surface area contributed by atoms with E-state index in [1.807, 2.05) is 12.1 Å². The van der Waals surface area contributed by atoms with Crippen molar-refractivity contribution in [3.05, 3.63) is 46.5 Å². The molecule has 3 aromatic carbocycles. The second-order valence-electron chi connectivity index (χ2n) is 16.8. The Kier molecular flexibility index (Phi) is 12.7. The number of benzene rings is 3. The quantitative estimate of drug-likeness (QED) is 0.0398. The third-order valence-corrected chi connectivity index (χ3v) is 13.3. The van der Waals surface area contributed by atoms with Gasteiger partial charge in [-0.15, -0.1) is 0 Å². The third-order valence-electron chi connectivity index (χ3n) is 13.3. The summed E-state index contributed by atoms with van der Waals surface area (Å²) in [4.78, 5) is 0. The fourth-order valence-electron chi connectivity index (χ4n) is 10.5. The average molecular weight is 763 g/mol. The predicted molar refractivity (Wildman–Crippen MR) is 224 cm³/mol. The van der Waals surface area contributed by atoms with Gasteiger partial charge in [-0.25, -0.2) is 9.26 Å². The van der Waals surface area contributed by atoms with Crippen LogP contribution >= 0.6 is 0 Å². The maximum Gasteiger partial charge on any atom is 0.490 e. The van der Waals surface area contributed by atoms with Gasteiger partial charge < -0.3 is 20.1 Å². The molecule has 0 atom stereocenters. The first-order chi connectivity index (χ1) is 27.3. The summed E-state index contributed by atoms with van der Waals surface area (Å²) < 4.78 is 10.8. The molecule has 12 heteroatoms. The molecule has 2 heterocycles. The van der Waals surface area contributed by atoms with Gasteiger partial charge in [-0.2, -0.15) is 0 Å². The smallest absolute Gasteiger partial charge is 0.423 e. The lowest BCUT2D eigenvalue weighted by Gasteiger charge is -2.35. The molecule has 0 aliphatic heterocycles. The van der Waals surface area contributed by atoms with Crippen LogP contribution in [0.2, 0.25) is 0 Å². The molecular formula is C44H60B2N4O6. The van der Waals surface area contributed by atoms with E-state index in [-0.39, 0.29) is 0 Å². The lowest BCUT2D eigenvalue weighted by atomic mass is 9.67. The molecule has 298 valence electrons. The van der Waals surface area contributed by atoms with Gasteiger partial charge in [0.05, 0.1) is 0 Å². The Balaban J connectivity index is 1.55. The Hall–Kier alpha value is -3.57. The maximum atomic E-state index is 10.7. The summed E-state index contributed by atoms with van der Waals surface area (Å²) in [5, 5.41) is 60.4. The normalized spacial score (nSPS) is 14.7. The fourth-order valence-corrected chi connectivity index (χ4v) is 10.5. The van der Waals surface area contributed by atoms with Gasteiger partial charge in [-0.3, -0.25) is 0 Å². The van der Waals surface area contributed by atoms with Crippen molar-refractivity contribution in [3.63, 3.8) is 0 Å². The molecule has 2 aliphatic rings. The van der Waals surface area contributed by atoms with Crippen molar-refractivity contribution in [1.29, 1.82) is 0 Å². The topological polar surface area (TPSA) is 159 Å². The van der Waals surface area contributed by atoms with Crippen LogP contribution in [0, 0.1) is 0 Å². The Morgan fingerprint density at radius 2 is 0.750 bits per heavy atom. The third kappa shape index (κ3) is 7.03. The molecular weight excluding hydrogens is 702 g/mol. The van der Waals surface area contributed by atoms with Crippen molar-refractivity contribution in [2.45, 2.75) is 167 Å². The van der Waals surface area contributed by atoms with Gasteiger partial charge >= 0.3 is 14.2 Å². The highest BCUT2D eigenvalue weighted by Crippen LogP contribution is 2.62. The highest BCUT2D eigenvalue weighted by molar-refractivity contribution is 6.62. The summed E-state index contributed by atoms with van der Waals surface area (Å²) in [5.74, 6) is 0. The maximum absolute atomic E-state index is 10.7. The zero-order chi connectivity index (χ0) is 39.5. The fraction of sp³-hybridized carbons (Fsp3) is 0.591. The molecule has 0 unspecified atom stereocenters. The molecule has 5 aromatic rings. The molecule has 0 fully saturated rings. The lowest BCUT2D eigenvalue weighted by Crippen LogP contribution is -2.34. The Morgan fingerprint density at radius 1 is 0.429 bits per heavy atom. The van der Waals surface area contributed by atoms with Crippen LogP contribution in [0.3, 0.4) is 0 Å². The van der Waals surface area contributed by atoms with Crippen LogP contribution in [0.5, 0.6) is 0 Å². The number of hydrogen-bond acceptors (Lipinski definition) is 10. The van der Waals surface area contributed by atoms with Crippen molar-refractivity contribution in [3.8, 4) is 22.3 Å². The van der Waals surface area contributed by atoms with Gasteiger partial charge in [-0.05, 0) is 81.5 Å². The zero-order valence-corrected chi connectivity index (χ0v) is 34.0. The van der Waals surface area contributed by atoms with Crippen molar-refractivity contribution >= 4 is 47.2 Å². The van der Waals surface area contributed by atoms with Crippen molar-refractivity contribution in [1.82, 2.24) is 20.6 Å². The number of fused-ring (bicyclic) bond motifs is 10. The molecule has 56 heavy (non-hydrogen) atoms. The van der Waals surface area contributed by atoms with E-state index < -0.39 is 25.1 Å². The van der Waals surface area contributed by atoms with Crippen molar-refractivity contribution in [2.24, 2.45) is 0 Å². The largest absolute Gasteiger partial charge is 0.490 e. The predicted octanol–water partition coefficient (Wildman–Crippen LogP) is 8.53. The Morgan fingerprint density at radius 3 is 1.05 bits per heavy atom. The number of nitrogens with zero attached hydrogens (tertiary/aromatic N) is 4. The molecule has 0 spiro atoms. The van der Waals surface area contributed by atoms with Crippen LogP contribution in [0.1, 0.15) is 178 Å². The van der Waals surface area contributed by atoms with E-state index in [9.17, 15) is 20.1 Å². The summed E-state index contributed by atoms with van der Waals surface area (Å²) in [7, 11) is -3.45. The number of unbranched alkanes of at least 4 members (excludes halogenated alkanes) is 12. The first-order valence-corrected chi connectivity index (χ1v) is 21.8. The molecule has 0 amide bonds. The molecule has 7 rings (SSSR count). The van der Waals surface area contributed by atoms with Crippen molar-refractivity contribution < 1.29 is 29.4 Å². The van der Waals surface area contributed by atoms with E-state index in [1.165, 1.54) is 11.1 Å². The summed E-state index contributed by atoms with van der Waals surface area (Å²) in [6, 6.07) is 8.81. The molecule has 10 nitrogen and oxygen atoms in total. The summed E-state index contributed by atoms with van der Waals surface area (Å²) in [6.07, 6.45) is 21.4. The molecule has 0 radical (unpaired) electrons. The van der Waals surface area contributed by atoms with Crippen LogP contribution < -0.4 is 10.9 Å². The van der Waals surface area contributed by atoms with E-state index >= 15 is 0 Å². The average Bonchev–Trinajstić information content (AvgIpc) is 3.98. The first-order valence-electron chi connectivity index (χ1n) is 21.8. The molecule has 0 saturated carbocycles. The van der Waals surface area contributed by atoms with Gasteiger partial charge in [0, 0.05) is 32.9 Å². The summed E-state index contributed by atoms with van der Waals surface area (Å²) >= 11 is 0. The van der Waals surface area contributed by atoms with Crippen molar-refractivity contribution in [2.75, 3.05) is 0 Å². The highest BCUT2D eigenvalue weighted by atomic mass is 16.6. The van der Waals surface area contributed by atoms with E-state index in [1.54, 1.807) is 0 Å².